The SMILES string of the molecule is O=C(Nc1nc(-c2ccc(I)cc2)cs1)c1ccc(-n2cncn2)cc1. The third kappa shape index (κ3) is 3.65. The number of thiazole rings is 1. The second-order valence-electron chi connectivity index (χ2n) is 5.39. The van der Waals surface area contributed by atoms with Crippen molar-refractivity contribution in [3.05, 3.63) is 75.7 Å². The van der Waals surface area contributed by atoms with Gasteiger partial charge in [0, 0.05) is 20.1 Å². The fourth-order valence-electron chi connectivity index (χ4n) is 2.36. The van der Waals surface area contributed by atoms with E-state index in [2.05, 4.69) is 43.0 Å². The van der Waals surface area contributed by atoms with Crippen LogP contribution in [0, 0.1) is 3.57 Å². The number of halogens is 1. The molecule has 8 heteroatoms. The summed E-state index contributed by atoms with van der Waals surface area (Å²) in [4.78, 5) is 20.8. The Bertz CT molecular complexity index is 1030. The first kappa shape index (κ1) is 16.9. The number of benzene rings is 2. The van der Waals surface area contributed by atoms with Gasteiger partial charge in [-0.2, -0.15) is 5.10 Å². The van der Waals surface area contributed by atoms with Crippen molar-refractivity contribution in [1.82, 2.24) is 19.7 Å². The topological polar surface area (TPSA) is 72.7 Å². The van der Waals surface area contributed by atoms with Gasteiger partial charge in [-0.1, -0.05) is 12.1 Å². The van der Waals surface area contributed by atoms with Crippen LogP contribution in [0.15, 0.2) is 66.6 Å². The van der Waals surface area contributed by atoms with Crippen LogP contribution in [-0.2, 0) is 0 Å². The van der Waals surface area contributed by atoms with Gasteiger partial charge in [0.05, 0.1) is 11.4 Å². The van der Waals surface area contributed by atoms with E-state index < -0.39 is 0 Å². The molecule has 0 bridgehead atoms. The fourth-order valence-corrected chi connectivity index (χ4v) is 3.44. The number of amides is 1. The molecule has 6 nitrogen and oxygen atoms in total. The highest BCUT2D eigenvalue weighted by Crippen LogP contribution is 2.25. The molecule has 128 valence electrons. The number of carbonyl (C=O) groups excluding carboxylic acids is 1. The van der Waals surface area contributed by atoms with E-state index in [-0.39, 0.29) is 5.91 Å². The van der Waals surface area contributed by atoms with Crippen molar-refractivity contribution in [3.8, 4) is 16.9 Å². The molecule has 4 aromatic rings. The summed E-state index contributed by atoms with van der Waals surface area (Å²) in [6.45, 7) is 0. The summed E-state index contributed by atoms with van der Waals surface area (Å²) in [5.74, 6) is -0.196. The maximum Gasteiger partial charge on any atom is 0.257 e. The van der Waals surface area contributed by atoms with E-state index in [1.165, 1.54) is 21.2 Å². The first-order valence-corrected chi connectivity index (χ1v) is 9.63. The van der Waals surface area contributed by atoms with Gasteiger partial charge in [-0.05, 0) is 59.0 Å². The molecule has 1 amide bonds. The fraction of sp³-hybridized carbons (Fsp3) is 0. The number of nitrogens with zero attached hydrogens (tertiary/aromatic N) is 4. The highest BCUT2D eigenvalue weighted by Gasteiger charge is 2.10. The van der Waals surface area contributed by atoms with Gasteiger partial charge in [-0.3, -0.25) is 10.1 Å². The van der Waals surface area contributed by atoms with Gasteiger partial charge in [-0.25, -0.2) is 14.6 Å². The van der Waals surface area contributed by atoms with Gasteiger partial charge in [0.15, 0.2) is 5.13 Å². The van der Waals surface area contributed by atoms with E-state index in [0.717, 1.165) is 16.9 Å². The number of anilines is 1. The average Bonchev–Trinajstić information content (AvgIpc) is 3.35. The number of hydrogen-bond donors (Lipinski definition) is 1. The van der Waals surface area contributed by atoms with Gasteiger partial charge in [0.2, 0.25) is 0 Å². The van der Waals surface area contributed by atoms with Crippen molar-refractivity contribution in [1.29, 1.82) is 0 Å². The monoisotopic (exact) mass is 473 g/mol. The van der Waals surface area contributed by atoms with Crippen molar-refractivity contribution in [3.63, 3.8) is 0 Å². The van der Waals surface area contributed by atoms with Crippen LogP contribution in [0.5, 0.6) is 0 Å². The first-order valence-electron chi connectivity index (χ1n) is 7.67. The molecular weight excluding hydrogens is 461 g/mol. The summed E-state index contributed by atoms with van der Waals surface area (Å²) in [5, 5.41) is 9.42. The Morgan fingerprint density at radius 2 is 1.85 bits per heavy atom. The van der Waals surface area contributed by atoms with Crippen LogP contribution in [0.2, 0.25) is 0 Å². The van der Waals surface area contributed by atoms with Crippen molar-refractivity contribution in [2.24, 2.45) is 0 Å². The van der Waals surface area contributed by atoms with Crippen LogP contribution in [0.25, 0.3) is 16.9 Å². The molecule has 0 spiro atoms. The Morgan fingerprint density at radius 1 is 1.08 bits per heavy atom. The molecular formula is C18H12IN5OS. The van der Waals surface area contributed by atoms with Gasteiger partial charge < -0.3 is 0 Å². The lowest BCUT2D eigenvalue weighted by Crippen LogP contribution is -2.11. The van der Waals surface area contributed by atoms with E-state index >= 15 is 0 Å². The van der Waals surface area contributed by atoms with E-state index in [0.29, 0.717) is 10.7 Å². The standard InChI is InChI=1S/C18H12IN5OS/c19-14-5-1-12(2-6-14)16-9-26-18(22-16)23-17(25)13-3-7-15(8-4-13)24-11-20-10-21-24/h1-11H,(H,22,23,25). The summed E-state index contributed by atoms with van der Waals surface area (Å²) in [5.41, 5.74) is 3.27. The molecule has 0 fully saturated rings. The number of hydrogen-bond acceptors (Lipinski definition) is 5. The summed E-state index contributed by atoms with van der Waals surface area (Å²) >= 11 is 3.67. The van der Waals surface area contributed by atoms with Gasteiger partial charge >= 0.3 is 0 Å². The number of carbonyl (C=O) groups is 1. The molecule has 1 N–H and O–H groups in total. The molecule has 0 aliphatic rings. The maximum absolute atomic E-state index is 12.4. The Morgan fingerprint density at radius 3 is 2.54 bits per heavy atom. The molecule has 4 rings (SSSR count). The smallest absolute Gasteiger partial charge is 0.257 e. The van der Waals surface area contributed by atoms with E-state index in [4.69, 9.17) is 0 Å². The number of rotatable bonds is 4. The lowest BCUT2D eigenvalue weighted by Gasteiger charge is -2.04. The summed E-state index contributed by atoms with van der Waals surface area (Å²) in [6.07, 6.45) is 3.07. The maximum atomic E-state index is 12.4. The second kappa shape index (κ2) is 7.34. The number of aromatic nitrogens is 4. The van der Waals surface area contributed by atoms with E-state index in [1.54, 1.807) is 23.1 Å². The third-order valence-corrected chi connectivity index (χ3v) is 5.15. The van der Waals surface area contributed by atoms with Crippen molar-refractivity contribution >= 4 is 45.0 Å². The predicted octanol–water partition coefficient (Wildman–Crippen LogP) is 4.25. The normalized spacial score (nSPS) is 10.7. The molecule has 0 saturated heterocycles. The Balaban J connectivity index is 1.47. The highest BCUT2D eigenvalue weighted by atomic mass is 127. The van der Waals surface area contributed by atoms with Crippen molar-refractivity contribution < 1.29 is 4.79 Å². The van der Waals surface area contributed by atoms with Crippen LogP contribution < -0.4 is 5.32 Å². The van der Waals surface area contributed by atoms with Crippen LogP contribution in [0.3, 0.4) is 0 Å². The molecule has 0 unspecified atom stereocenters. The molecule has 2 heterocycles. The quantitative estimate of drug-likeness (QED) is 0.450. The van der Waals surface area contributed by atoms with Crippen LogP contribution in [-0.4, -0.2) is 25.7 Å². The van der Waals surface area contributed by atoms with Gasteiger partial charge in [0.1, 0.15) is 12.7 Å². The molecule has 26 heavy (non-hydrogen) atoms. The van der Waals surface area contributed by atoms with Crippen molar-refractivity contribution in [2.75, 3.05) is 5.32 Å². The minimum Gasteiger partial charge on any atom is -0.298 e. The molecule has 0 aliphatic heterocycles. The minimum absolute atomic E-state index is 0.196. The summed E-state index contributed by atoms with van der Waals surface area (Å²) < 4.78 is 2.81. The van der Waals surface area contributed by atoms with Crippen molar-refractivity contribution in [2.45, 2.75) is 0 Å². The molecule has 0 radical (unpaired) electrons. The molecule has 2 aromatic carbocycles. The lowest BCUT2D eigenvalue weighted by molar-refractivity contribution is 0.102. The zero-order valence-electron chi connectivity index (χ0n) is 13.3. The van der Waals surface area contributed by atoms with Crippen LogP contribution >= 0.6 is 33.9 Å². The Kier molecular flexibility index (Phi) is 4.76. The summed E-state index contributed by atoms with van der Waals surface area (Å²) in [6, 6.07) is 15.2. The van der Waals surface area contributed by atoms with Crippen LogP contribution in [0.4, 0.5) is 5.13 Å². The predicted molar refractivity (Wildman–Crippen MR) is 110 cm³/mol. The zero-order valence-corrected chi connectivity index (χ0v) is 16.3. The molecule has 0 atom stereocenters. The minimum atomic E-state index is -0.196. The molecule has 2 aromatic heterocycles. The average molecular weight is 473 g/mol. The zero-order chi connectivity index (χ0) is 17.9. The van der Waals surface area contributed by atoms with Gasteiger partial charge in [-0.15, -0.1) is 11.3 Å². The van der Waals surface area contributed by atoms with E-state index in [9.17, 15) is 4.79 Å². The number of nitrogens with one attached hydrogen (secondary N) is 1. The Hall–Kier alpha value is -2.59. The summed E-state index contributed by atoms with van der Waals surface area (Å²) in [7, 11) is 0. The second-order valence-corrected chi connectivity index (χ2v) is 7.49. The first-order chi connectivity index (χ1) is 12.7. The molecule has 0 saturated carbocycles. The largest absolute Gasteiger partial charge is 0.298 e. The Labute approximate surface area is 167 Å². The third-order valence-electron chi connectivity index (χ3n) is 3.68. The lowest BCUT2D eigenvalue weighted by atomic mass is 10.2. The highest BCUT2D eigenvalue weighted by molar-refractivity contribution is 14.1. The molecule has 0 aliphatic carbocycles. The van der Waals surface area contributed by atoms with Crippen LogP contribution in [0.1, 0.15) is 10.4 Å². The van der Waals surface area contributed by atoms with Gasteiger partial charge in [0.25, 0.3) is 5.91 Å². The van der Waals surface area contributed by atoms with E-state index in [1.807, 2.05) is 41.8 Å².